The summed E-state index contributed by atoms with van der Waals surface area (Å²) in [6.07, 6.45) is 1.36. The van der Waals surface area contributed by atoms with Crippen molar-refractivity contribution in [2.24, 2.45) is 0 Å². The number of anilines is 1. The summed E-state index contributed by atoms with van der Waals surface area (Å²) in [5.74, 6) is 0. The largest absolute Gasteiger partial charge is 0.383 e. The lowest BCUT2D eigenvalue weighted by Crippen LogP contribution is -2.09. The molecule has 0 aliphatic carbocycles. The molecule has 14 heavy (non-hydrogen) atoms. The summed E-state index contributed by atoms with van der Waals surface area (Å²) in [6, 6.07) is 5.98. The number of rotatable bonds is 5. The quantitative estimate of drug-likeness (QED) is 0.554. The molecule has 0 saturated carbocycles. The van der Waals surface area contributed by atoms with Crippen molar-refractivity contribution in [3.63, 3.8) is 0 Å². The van der Waals surface area contributed by atoms with Gasteiger partial charge in [0.15, 0.2) is 0 Å². The average Bonchev–Trinajstić information content (AvgIpc) is 2.19. The lowest BCUT2D eigenvalue weighted by Gasteiger charge is -2.09. The Morgan fingerprint density at radius 1 is 1.50 bits per heavy atom. The van der Waals surface area contributed by atoms with Gasteiger partial charge in [0.2, 0.25) is 0 Å². The van der Waals surface area contributed by atoms with E-state index in [4.69, 9.17) is 10.1 Å². The third-order valence-electron chi connectivity index (χ3n) is 1.99. The summed E-state index contributed by atoms with van der Waals surface area (Å²) < 4.78 is 4.95. The summed E-state index contributed by atoms with van der Waals surface area (Å²) in [5, 5.41) is 10.5. The summed E-state index contributed by atoms with van der Waals surface area (Å²) >= 11 is 0. The first-order chi connectivity index (χ1) is 6.77. The molecule has 0 aromatic heterocycles. The van der Waals surface area contributed by atoms with Gasteiger partial charge >= 0.3 is 0 Å². The van der Waals surface area contributed by atoms with Crippen LogP contribution in [0, 0.1) is 12.3 Å². The van der Waals surface area contributed by atoms with Gasteiger partial charge in [0.05, 0.1) is 6.61 Å². The zero-order valence-electron chi connectivity index (χ0n) is 8.63. The molecular weight excluding hydrogens is 176 g/mol. The molecule has 3 nitrogen and oxygen atoms in total. The smallest absolute Gasteiger partial charge is 0.0635 e. The SMILES string of the molecule is COCCNc1cc(C)ccc1C=N. The Morgan fingerprint density at radius 2 is 2.29 bits per heavy atom. The van der Waals surface area contributed by atoms with Gasteiger partial charge in [-0.3, -0.25) is 0 Å². The van der Waals surface area contributed by atoms with E-state index in [9.17, 15) is 0 Å². The van der Waals surface area contributed by atoms with Crippen molar-refractivity contribution in [3.8, 4) is 0 Å². The standard InChI is InChI=1S/C11H16N2O/c1-9-3-4-10(8-12)11(7-9)13-5-6-14-2/h3-4,7-8,12-13H,5-6H2,1-2H3. The van der Waals surface area contributed by atoms with E-state index in [0.717, 1.165) is 17.8 Å². The van der Waals surface area contributed by atoms with E-state index in [0.29, 0.717) is 6.61 Å². The molecule has 0 fully saturated rings. The zero-order valence-corrected chi connectivity index (χ0v) is 8.63. The fraction of sp³-hybridized carbons (Fsp3) is 0.364. The third kappa shape index (κ3) is 2.85. The summed E-state index contributed by atoms with van der Waals surface area (Å²) in [4.78, 5) is 0. The highest BCUT2D eigenvalue weighted by Gasteiger charge is 1.98. The molecule has 0 aliphatic heterocycles. The fourth-order valence-electron chi connectivity index (χ4n) is 1.24. The monoisotopic (exact) mass is 192 g/mol. The van der Waals surface area contributed by atoms with Gasteiger partial charge in [0.25, 0.3) is 0 Å². The first kappa shape index (κ1) is 10.7. The Kier molecular flexibility index (Phi) is 4.13. The highest BCUT2D eigenvalue weighted by molar-refractivity contribution is 5.85. The van der Waals surface area contributed by atoms with E-state index in [1.54, 1.807) is 7.11 Å². The molecule has 0 heterocycles. The predicted molar refractivity (Wildman–Crippen MR) is 59.4 cm³/mol. The Hall–Kier alpha value is -1.35. The molecule has 0 bridgehead atoms. The molecule has 0 saturated heterocycles. The number of hydrogen-bond donors (Lipinski definition) is 2. The van der Waals surface area contributed by atoms with E-state index < -0.39 is 0 Å². The van der Waals surface area contributed by atoms with E-state index in [1.165, 1.54) is 11.8 Å². The van der Waals surface area contributed by atoms with E-state index >= 15 is 0 Å². The van der Waals surface area contributed by atoms with Gasteiger partial charge in [-0.25, -0.2) is 0 Å². The lowest BCUT2D eigenvalue weighted by molar-refractivity contribution is 0.211. The lowest BCUT2D eigenvalue weighted by atomic mass is 10.1. The van der Waals surface area contributed by atoms with Crippen LogP contribution in [0.4, 0.5) is 5.69 Å². The van der Waals surface area contributed by atoms with Crippen molar-refractivity contribution in [1.82, 2.24) is 0 Å². The van der Waals surface area contributed by atoms with Gasteiger partial charge in [0, 0.05) is 31.1 Å². The first-order valence-corrected chi connectivity index (χ1v) is 4.62. The van der Waals surface area contributed by atoms with Gasteiger partial charge in [-0.15, -0.1) is 0 Å². The van der Waals surface area contributed by atoms with Crippen molar-refractivity contribution in [3.05, 3.63) is 29.3 Å². The Morgan fingerprint density at radius 3 is 2.93 bits per heavy atom. The number of aryl methyl sites for hydroxylation is 1. The van der Waals surface area contributed by atoms with Crippen LogP contribution in [0.2, 0.25) is 0 Å². The average molecular weight is 192 g/mol. The number of benzene rings is 1. The van der Waals surface area contributed by atoms with Crippen molar-refractivity contribution in [2.75, 3.05) is 25.6 Å². The van der Waals surface area contributed by atoms with Crippen LogP contribution < -0.4 is 5.32 Å². The Balaban J connectivity index is 2.72. The van der Waals surface area contributed by atoms with Crippen molar-refractivity contribution < 1.29 is 4.74 Å². The number of nitrogens with one attached hydrogen (secondary N) is 2. The third-order valence-corrected chi connectivity index (χ3v) is 1.99. The van der Waals surface area contributed by atoms with Gasteiger partial charge in [-0.2, -0.15) is 0 Å². The van der Waals surface area contributed by atoms with E-state index in [2.05, 4.69) is 5.32 Å². The second-order valence-electron chi connectivity index (χ2n) is 3.15. The topological polar surface area (TPSA) is 45.1 Å². The molecule has 0 amide bonds. The van der Waals surface area contributed by atoms with Gasteiger partial charge in [0.1, 0.15) is 0 Å². The van der Waals surface area contributed by atoms with Gasteiger partial charge in [-0.1, -0.05) is 12.1 Å². The molecule has 0 radical (unpaired) electrons. The molecule has 0 unspecified atom stereocenters. The maximum Gasteiger partial charge on any atom is 0.0635 e. The van der Waals surface area contributed by atoms with Crippen LogP contribution in [-0.2, 0) is 4.74 Å². The van der Waals surface area contributed by atoms with Crippen LogP contribution in [0.5, 0.6) is 0 Å². The van der Waals surface area contributed by atoms with Crippen molar-refractivity contribution >= 4 is 11.9 Å². The Bertz CT molecular complexity index is 310. The van der Waals surface area contributed by atoms with Crippen molar-refractivity contribution in [1.29, 1.82) is 5.41 Å². The molecule has 3 heteroatoms. The second kappa shape index (κ2) is 5.40. The number of methoxy groups -OCH3 is 1. The molecule has 0 spiro atoms. The molecular formula is C11H16N2O. The van der Waals surface area contributed by atoms with E-state index in [1.807, 2.05) is 25.1 Å². The van der Waals surface area contributed by atoms with Crippen LogP contribution in [0.25, 0.3) is 0 Å². The minimum atomic E-state index is 0.672. The van der Waals surface area contributed by atoms with Gasteiger partial charge < -0.3 is 15.5 Å². The normalized spacial score (nSPS) is 9.86. The van der Waals surface area contributed by atoms with Crippen LogP contribution in [0.15, 0.2) is 18.2 Å². The predicted octanol–water partition coefficient (Wildman–Crippen LogP) is 2.05. The van der Waals surface area contributed by atoms with Crippen LogP contribution >= 0.6 is 0 Å². The number of hydrogen-bond acceptors (Lipinski definition) is 3. The zero-order chi connectivity index (χ0) is 10.4. The van der Waals surface area contributed by atoms with E-state index in [-0.39, 0.29) is 0 Å². The maximum atomic E-state index is 7.24. The van der Waals surface area contributed by atoms with Gasteiger partial charge in [-0.05, 0) is 18.6 Å². The Labute approximate surface area is 84.6 Å². The molecule has 2 N–H and O–H groups in total. The summed E-state index contributed by atoms with van der Waals surface area (Å²) in [5.41, 5.74) is 3.10. The minimum absolute atomic E-state index is 0.672. The summed E-state index contributed by atoms with van der Waals surface area (Å²) in [7, 11) is 1.68. The van der Waals surface area contributed by atoms with Crippen molar-refractivity contribution in [2.45, 2.75) is 6.92 Å². The molecule has 1 rings (SSSR count). The summed E-state index contributed by atoms with van der Waals surface area (Å²) in [6.45, 7) is 3.47. The highest BCUT2D eigenvalue weighted by Crippen LogP contribution is 2.15. The van der Waals surface area contributed by atoms with Crippen LogP contribution in [0.1, 0.15) is 11.1 Å². The first-order valence-electron chi connectivity index (χ1n) is 4.62. The molecule has 0 aliphatic rings. The van der Waals surface area contributed by atoms with Crippen LogP contribution in [0.3, 0.4) is 0 Å². The maximum absolute atomic E-state index is 7.24. The molecule has 0 atom stereocenters. The highest BCUT2D eigenvalue weighted by atomic mass is 16.5. The fourth-order valence-corrected chi connectivity index (χ4v) is 1.24. The molecule has 76 valence electrons. The van der Waals surface area contributed by atoms with Crippen LogP contribution in [-0.4, -0.2) is 26.5 Å². The molecule has 1 aromatic rings. The number of ether oxygens (including phenoxy) is 1. The minimum Gasteiger partial charge on any atom is -0.383 e. The molecule has 1 aromatic carbocycles. The second-order valence-corrected chi connectivity index (χ2v) is 3.15.